The van der Waals surface area contributed by atoms with E-state index < -0.39 is 0 Å². The summed E-state index contributed by atoms with van der Waals surface area (Å²) in [6, 6.07) is 9.95. The lowest BCUT2D eigenvalue weighted by Crippen LogP contribution is -2.17. The van der Waals surface area contributed by atoms with E-state index in [4.69, 9.17) is 10.5 Å². The van der Waals surface area contributed by atoms with Gasteiger partial charge in [-0.15, -0.1) is 0 Å². The molecule has 0 saturated carbocycles. The van der Waals surface area contributed by atoms with Crippen molar-refractivity contribution >= 4 is 0 Å². The van der Waals surface area contributed by atoms with Gasteiger partial charge in [-0.2, -0.15) is 0 Å². The van der Waals surface area contributed by atoms with Crippen LogP contribution in [0.1, 0.15) is 24.4 Å². The molecule has 1 aromatic rings. The van der Waals surface area contributed by atoms with Gasteiger partial charge >= 0.3 is 0 Å². The number of allylic oxidation sites excluding steroid dienone is 1. The van der Waals surface area contributed by atoms with E-state index in [0.29, 0.717) is 0 Å². The third-order valence-corrected chi connectivity index (χ3v) is 2.43. The van der Waals surface area contributed by atoms with Gasteiger partial charge in [-0.25, -0.2) is 0 Å². The van der Waals surface area contributed by atoms with Crippen molar-refractivity contribution in [3.63, 3.8) is 0 Å². The second-order valence-corrected chi connectivity index (χ2v) is 3.49. The third kappa shape index (κ3) is 1.96. The highest BCUT2D eigenvalue weighted by atomic mass is 16.5. The molecule has 1 aliphatic heterocycles. The minimum Gasteiger partial charge on any atom is -0.496 e. The molecule has 1 atom stereocenters. The van der Waals surface area contributed by atoms with Crippen molar-refractivity contribution in [2.45, 2.75) is 18.9 Å². The van der Waals surface area contributed by atoms with Gasteiger partial charge in [0, 0.05) is 0 Å². The second kappa shape index (κ2) is 4.29. The lowest BCUT2D eigenvalue weighted by molar-refractivity contribution is 0.176. The maximum absolute atomic E-state index is 6.08. The Morgan fingerprint density at radius 2 is 2.00 bits per heavy atom. The van der Waals surface area contributed by atoms with Gasteiger partial charge in [0.25, 0.3) is 0 Å². The SMILES string of the molecule is NC(C1=CCCCO1)c1ccccc1. The summed E-state index contributed by atoms with van der Waals surface area (Å²) in [5.74, 6) is 0.919. The zero-order valence-corrected chi connectivity index (χ0v) is 8.15. The lowest BCUT2D eigenvalue weighted by Gasteiger charge is -2.20. The number of ether oxygens (including phenoxy) is 1. The molecule has 0 fully saturated rings. The molecule has 1 unspecified atom stereocenters. The van der Waals surface area contributed by atoms with Crippen LogP contribution in [0.25, 0.3) is 0 Å². The summed E-state index contributed by atoms with van der Waals surface area (Å²) in [5, 5.41) is 0. The van der Waals surface area contributed by atoms with Crippen LogP contribution < -0.4 is 5.73 Å². The van der Waals surface area contributed by atoms with E-state index in [1.807, 2.05) is 30.3 Å². The standard InChI is InChI=1S/C12H15NO/c13-12(10-6-2-1-3-7-10)11-8-4-5-9-14-11/h1-3,6-8,12H,4-5,9,13H2. The van der Waals surface area contributed by atoms with Crippen LogP contribution in [0.3, 0.4) is 0 Å². The van der Waals surface area contributed by atoms with E-state index in [-0.39, 0.29) is 6.04 Å². The van der Waals surface area contributed by atoms with Crippen LogP contribution in [0, 0.1) is 0 Å². The first-order valence-electron chi connectivity index (χ1n) is 5.01. The van der Waals surface area contributed by atoms with Crippen LogP contribution >= 0.6 is 0 Å². The topological polar surface area (TPSA) is 35.2 Å². The number of hydrogen-bond donors (Lipinski definition) is 1. The van der Waals surface area contributed by atoms with Crippen LogP contribution in [0.5, 0.6) is 0 Å². The Kier molecular flexibility index (Phi) is 2.84. The van der Waals surface area contributed by atoms with E-state index in [1.54, 1.807) is 0 Å². The Morgan fingerprint density at radius 3 is 2.64 bits per heavy atom. The van der Waals surface area contributed by atoms with Gasteiger partial charge in [-0.3, -0.25) is 0 Å². The molecule has 2 rings (SSSR count). The van der Waals surface area contributed by atoms with Crippen molar-refractivity contribution in [1.29, 1.82) is 0 Å². The molecule has 0 radical (unpaired) electrons. The van der Waals surface area contributed by atoms with Crippen molar-refractivity contribution in [1.82, 2.24) is 0 Å². The average molecular weight is 189 g/mol. The Hall–Kier alpha value is -1.28. The van der Waals surface area contributed by atoms with Crippen molar-refractivity contribution in [3.05, 3.63) is 47.7 Å². The van der Waals surface area contributed by atoms with Crippen LogP contribution in [-0.2, 0) is 4.74 Å². The molecule has 0 aliphatic carbocycles. The van der Waals surface area contributed by atoms with Gasteiger partial charge in [0.2, 0.25) is 0 Å². The maximum atomic E-state index is 6.08. The first-order chi connectivity index (χ1) is 6.88. The molecule has 0 amide bonds. The first kappa shape index (κ1) is 9.28. The molecular weight excluding hydrogens is 174 g/mol. The Bertz CT molecular complexity index is 318. The number of rotatable bonds is 2. The van der Waals surface area contributed by atoms with Crippen molar-refractivity contribution in [2.75, 3.05) is 6.61 Å². The molecule has 1 aromatic carbocycles. The summed E-state index contributed by atoms with van der Waals surface area (Å²) in [6.45, 7) is 0.798. The van der Waals surface area contributed by atoms with Crippen LogP contribution in [0.2, 0.25) is 0 Å². The minimum absolute atomic E-state index is 0.100. The van der Waals surface area contributed by atoms with E-state index in [2.05, 4.69) is 6.08 Å². The number of nitrogens with two attached hydrogens (primary N) is 1. The Balaban J connectivity index is 2.15. The van der Waals surface area contributed by atoms with Crippen molar-refractivity contribution in [2.24, 2.45) is 5.73 Å². The molecule has 1 aliphatic rings. The smallest absolute Gasteiger partial charge is 0.113 e. The van der Waals surface area contributed by atoms with Crippen LogP contribution in [0.4, 0.5) is 0 Å². The molecule has 0 aromatic heterocycles. The Labute approximate surface area is 84.4 Å². The molecule has 14 heavy (non-hydrogen) atoms. The highest BCUT2D eigenvalue weighted by molar-refractivity contribution is 5.25. The predicted molar refractivity (Wildman–Crippen MR) is 56.6 cm³/mol. The zero-order valence-electron chi connectivity index (χ0n) is 8.15. The molecule has 2 nitrogen and oxygen atoms in total. The van der Waals surface area contributed by atoms with E-state index in [1.165, 1.54) is 0 Å². The molecule has 1 heterocycles. The van der Waals surface area contributed by atoms with E-state index in [9.17, 15) is 0 Å². The van der Waals surface area contributed by atoms with Gasteiger partial charge in [0.1, 0.15) is 5.76 Å². The lowest BCUT2D eigenvalue weighted by atomic mass is 10.0. The summed E-state index contributed by atoms with van der Waals surface area (Å²) in [5.41, 5.74) is 7.19. The highest BCUT2D eigenvalue weighted by Gasteiger charge is 2.14. The minimum atomic E-state index is -0.100. The summed E-state index contributed by atoms with van der Waals surface area (Å²) in [7, 11) is 0. The quantitative estimate of drug-likeness (QED) is 0.775. The Morgan fingerprint density at radius 1 is 1.21 bits per heavy atom. The summed E-state index contributed by atoms with van der Waals surface area (Å²) >= 11 is 0. The predicted octanol–water partition coefficient (Wildman–Crippen LogP) is 2.38. The van der Waals surface area contributed by atoms with Gasteiger partial charge in [-0.05, 0) is 24.5 Å². The third-order valence-electron chi connectivity index (χ3n) is 2.43. The molecular formula is C12H15NO. The van der Waals surface area contributed by atoms with Gasteiger partial charge in [0.05, 0.1) is 12.6 Å². The van der Waals surface area contributed by atoms with E-state index in [0.717, 1.165) is 30.8 Å². The zero-order chi connectivity index (χ0) is 9.80. The summed E-state index contributed by atoms with van der Waals surface area (Å²) in [6.07, 6.45) is 4.28. The van der Waals surface area contributed by atoms with Gasteiger partial charge in [0.15, 0.2) is 0 Å². The molecule has 0 bridgehead atoms. The average Bonchev–Trinajstić information content (AvgIpc) is 2.30. The summed E-state index contributed by atoms with van der Waals surface area (Å²) in [4.78, 5) is 0. The molecule has 0 saturated heterocycles. The summed E-state index contributed by atoms with van der Waals surface area (Å²) < 4.78 is 5.53. The molecule has 74 valence electrons. The highest BCUT2D eigenvalue weighted by Crippen LogP contribution is 2.23. The molecule has 2 N–H and O–H groups in total. The monoisotopic (exact) mass is 189 g/mol. The first-order valence-corrected chi connectivity index (χ1v) is 5.01. The largest absolute Gasteiger partial charge is 0.496 e. The van der Waals surface area contributed by atoms with Gasteiger partial charge in [-0.1, -0.05) is 30.3 Å². The van der Waals surface area contributed by atoms with Crippen LogP contribution in [-0.4, -0.2) is 6.61 Å². The second-order valence-electron chi connectivity index (χ2n) is 3.49. The van der Waals surface area contributed by atoms with E-state index >= 15 is 0 Å². The maximum Gasteiger partial charge on any atom is 0.113 e. The van der Waals surface area contributed by atoms with Crippen molar-refractivity contribution in [3.8, 4) is 0 Å². The van der Waals surface area contributed by atoms with Crippen molar-refractivity contribution < 1.29 is 4.74 Å². The number of hydrogen-bond acceptors (Lipinski definition) is 2. The molecule has 0 spiro atoms. The fourth-order valence-electron chi connectivity index (χ4n) is 1.62. The van der Waals surface area contributed by atoms with Crippen LogP contribution in [0.15, 0.2) is 42.2 Å². The molecule has 2 heteroatoms. The van der Waals surface area contributed by atoms with Gasteiger partial charge < -0.3 is 10.5 Å². The number of benzene rings is 1. The fourth-order valence-corrected chi connectivity index (χ4v) is 1.62. The fraction of sp³-hybridized carbons (Fsp3) is 0.333. The normalized spacial score (nSPS) is 18.2.